The van der Waals surface area contributed by atoms with E-state index in [2.05, 4.69) is 31.0 Å². The maximum absolute atomic E-state index is 12.9. The third kappa shape index (κ3) is 6.44. The van der Waals surface area contributed by atoms with Crippen LogP contribution in [-0.2, 0) is 0 Å². The average molecular weight is 296 g/mol. The Labute approximate surface area is 128 Å². The summed E-state index contributed by atoms with van der Waals surface area (Å²) < 4.78 is 12.9. The van der Waals surface area contributed by atoms with Gasteiger partial charge < -0.3 is 15.3 Å². The van der Waals surface area contributed by atoms with Gasteiger partial charge in [-0.05, 0) is 50.5 Å². The zero-order chi connectivity index (χ0) is 15.9. The Bertz CT molecular complexity index is 408. The van der Waals surface area contributed by atoms with Crippen molar-refractivity contribution in [2.24, 2.45) is 0 Å². The molecular weight excluding hydrogens is 267 g/mol. The molecule has 1 aromatic carbocycles. The summed E-state index contributed by atoms with van der Waals surface area (Å²) in [6.07, 6.45) is 3.03. The lowest BCUT2D eigenvalue weighted by molar-refractivity contribution is 0.154. The van der Waals surface area contributed by atoms with Crippen LogP contribution in [0.3, 0.4) is 0 Å². The first-order chi connectivity index (χ1) is 9.86. The molecule has 0 spiro atoms. The first kappa shape index (κ1) is 17.9. The zero-order valence-electron chi connectivity index (χ0n) is 13.7. The van der Waals surface area contributed by atoms with Crippen molar-refractivity contribution >= 4 is 5.69 Å². The monoisotopic (exact) mass is 296 g/mol. The molecule has 0 radical (unpaired) electrons. The van der Waals surface area contributed by atoms with Crippen LogP contribution in [-0.4, -0.2) is 36.9 Å². The van der Waals surface area contributed by atoms with Crippen LogP contribution in [0.2, 0.25) is 0 Å². The van der Waals surface area contributed by atoms with Crippen molar-refractivity contribution in [1.82, 2.24) is 5.32 Å². The van der Waals surface area contributed by atoms with Crippen molar-refractivity contribution < 1.29 is 9.50 Å². The molecule has 1 rings (SSSR count). The molecule has 4 heteroatoms. The van der Waals surface area contributed by atoms with Crippen LogP contribution in [0.5, 0.6) is 0 Å². The number of aliphatic hydroxyl groups is 1. The molecule has 0 aliphatic carbocycles. The van der Waals surface area contributed by atoms with Gasteiger partial charge in [-0.15, -0.1) is 0 Å². The van der Waals surface area contributed by atoms with Crippen LogP contribution in [0.25, 0.3) is 0 Å². The van der Waals surface area contributed by atoms with Crippen LogP contribution in [0, 0.1) is 5.82 Å². The van der Waals surface area contributed by atoms with E-state index >= 15 is 0 Å². The van der Waals surface area contributed by atoms with Gasteiger partial charge in [0.25, 0.3) is 0 Å². The number of hydrogen-bond acceptors (Lipinski definition) is 3. The topological polar surface area (TPSA) is 35.5 Å². The molecule has 1 aromatic rings. The molecule has 21 heavy (non-hydrogen) atoms. The number of nitrogens with one attached hydrogen (secondary N) is 1. The Balaban J connectivity index is 2.34. The maximum Gasteiger partial charge on any atom is 0.123 e. The van der Waals surface area contributed by atoms with Crippen LogP contribution in [0.4, 0.5) is 10.1 Å². The van der Waals surface area contributed by atoms with Crippen molar-refractivity contribution in [2.75, 3.05) is 25.1 Å². The van der Waals surface area contributed by atoms with Gasteiger partial charge in [0.15, 0.2) is 0 Å². The number of hydrogen-bond donors (Lipinski definition) is 2. The van der Waals surface area contributed by atoms with E-state index in [0.717, 1.165) is 31.5 Å². The van der Waals surface area contributed by atoms with E-state index in [0.29, 0.717) is 6.04 Å². The molecule has 0 aromatic heterocycles. The second kappa shape index (κ2) is 8.35. The molecule has 120 valence electrons. The SMILES string of the molecule is CC(C)NC(C)(CO)CCCCN(C)c1ccc(F)cc1. The number of anilines is 1. The minimum Gasteiger partial charge on any atom is -0.394 e. The number of nitrogens with zero attached hydrogens (tertiary/aromatic N) is 1. The van der Waals surface area contributed by atoms with Crippen LogP contribution in [0.1, 0.15) is 40.0 Å². The third-order valence-electron chi connectivity index (χ3n) is 3.73. The van der Waals surface area contributed by atoms with Crippen molar-refractivity contribution in [3.63, 3.8) is 0 Å². The van der Waals surface area contributed by atoms with Gasteiger partial charge in [-0.25, -0.2) is 4.39 Å². The van der Waals surface area contributed by atoms with Crippen molar-refractivity contribution in [3.8, 4) is 0 Å². The van der Waals surface area contributed by atoms with Crippen LogP contribution in [0.15, 0.2) is 24.3 Å². The molecule has 0 fully saturated rings. The van der Waals surface area contributed by atoms with E-state index in [9.17, 15) is 9.50 Å². The molecule has 0 bridgehead atoms. The third-order valence-corrected chi connectivity index (χ3v) is 3.73. The van der Waals surface area contributed by atoms with E-state index < -0.39 is 0 Å². The van der Waals surface area contributed by atoms with Crippen molar-refractivity contribution in [3.05, 3.63) is 30.1 Å². The Kier molecular flexibility index (Phi) is 7.12. The van der Waals surface area contributed by atoms with Crippen molar-refractivity contribution in [2.45, 2.75) is 51.6 Å². The number of rotatable bonds is 9. The molecule has 0 aliphatic heterocycles. The molecule has 0 aliphatic rings. The number of benzene rings is 1. The van der Waals surface area contributed by atoms with Gasteiger partial charge in [0.2, 0.25) is 0 Å². The highest BCUT2D eigenvalue weighted by atomic mass is 19.1. The van der Waals surface area contributed by atoms with Gasteiger partial charge in [0.1, 0.15) is 5.82 Å². The highest BCUT2D eigenvalue weighted by molar-refractivity contribution is 5.45. The molecular formula is C17H29FN2O. The van der Waals surface area contributed by atoms with E-state index in [1.54, 1.807) is 12.1 Å². The second-order valence-corrected chi connectivity index (χ2v) is 6.37. The first-order valence-corrected chi connectivity index (χ1v) is 7.71. The smallest absolute Gasteiger partial charge is 0.123 e. The van der Waals surface area contributed by atoms with Crippen LogP contribution < -0.4 is 10.2 Å². The lowest BCUT2D eigenvalue weighted by atomic mass is 9.94. The van der Waals surface area contributed by atoms with E-state index in [-0.39, 0.29) is 18.0 Å². The largest absolute Gasteiger partial charge is 0.394 e. The fourth-order valence-electron chi connectivity index (χ4n) is 2.58. The normalized spacial score (nSPS) is 14.2. The maximum atomic E-state index is 12.9. The molecule has 1 unspecified atom stereocenters. The van der Waals surface area contributed by atoms with Gasteiger partial charge in [0, 0.05) is 30.9 Å². The fourth-order valence-corrected chi connectivity index (χ4v) is 2.58. The molecule has 0 saturated heterocycles. The average Bonchev–Trinajstić information content (AvgIpc) is 2.43. The fraction of sp³-hybridized carbons (Fsp3) is 0.647. The van der Waals surface area contributed by atoms with Gasteiger partial charge in [-0.3, -0.25) is 0 Å². The minimum atomic E-state index is -0.206. The summed E-state index contributed by atoms with van der Waals surface area (Å²) in [6.45, 7) is 7.33. The molecule has 2 N–H and O–H groups in total. The number of unbranched alkanes of at least 4 members (excludes halogenated alkanes) is 1. The first-order valence-electron chi connectivity index (χ1n) is 7.71. The molecule has 0 heterocycles. The Morgan fingerprint density at radius 1 is 1.24 bits per heavy atom. The van der Waals surface area contributed by atoms with Gasteiger partial charge in [0.05, 0.1) is 6.61 Å². The summed E-state index contributed by atoms with van der Waals surface area (Å²) in [5.41, 5.74) is 0.824. The van der Waals surface area contributed by atoms with Crippen molar-refractivity contribution in [1.29, 1.82) is 0 Å². The Morgan fingerprint density at radius 2 is 1.86 bits per heavy atom. The quantitative estimate of drug-likeness (QED) is 0.687. The summed E-state index contributed by atoms with van der Waals surface area (Å²) in [5.74, 6) is -0.203. The molecule has 3 nitrogen and oxygen atoms in total. The molecule has 0 amide bonds. The Hall–Kier alpha value is -1.13. The Morgan fingerprint density at radius 3 is 2.38 bits per heavy atom. The predicted octanol–water partition coefficient (Wildman–Crippen LogP) is 3.18. The minimum absolute atomic E-state index is 0.152. The van der Waals surface area contributed by atoms with Gasteiger partial charge in [-0.1, -0.05) is 13.8 Å². The zero-order valence-corrected chi connectivity index (χ0v) is 13.7. The summed E-state index contributed by atoms with van der Waals surface area (Å²) in [4.78, 5) is 2.13. The molecule has 0 saturated carbocycles. The number of halogens is 1. The number of aliphatic hydroxyl groups excluding tert-OH is 1. The summed E-state index contributed by atoms with van der Waals surface area (Å²) in [5, 5.41) is 13.0. The lowest BCUT2D eigenvalue weighted by Crippen LogP contribution is -2.49. The highest BCUT2D eigenvalue weighted by Gasteiger charge is 2.22. The summed E-state index contributed by atoms with van der Waals surface area (Å²) >= 11 is 0. The summed E-state index contributed by atoms with van der Waals surface area (Å²) in [6, 6.07) is 6.94. The summed E-state index contributed by atoms with van der Waals surface area (Å²) in [7, 11) is 2.02. The van der Waals surface area contributed by atoms with E-state index in [1.165, 1.54) is 12.1 Å². The standard InChI is InChI=1S/C17H29FN2O/c1-14(2)19-17(3,13-21)11-5-6-12-20(4)16-9-7-15(18)8-10-16/h7-10,14,19,21H,5-6,11-13H2,1-4H3. The highest BCUT2D eigenvalue weighted by Crippen LogP contribution is 2.17. The van der Waals surface area contributed by atoms with Gasteiger partial charge in [-0.2, -0.15) is 0 Å². The van der Waals surface area contributed by atoms with Crippen LogP contribution >= 0.6 is 0 Å². The lowest BCUT2D eigenvalue weighted by Gasteiger charge is -2.31. The molecule has 1 atom stereocenters. The van der Waals surface area contributed by atoms with E-state index in [4.69, 9.17) is 0 Å². The van der Waals surface area contributed by atoms with Gasteiger partial charge >= 0.3 is 0 Å². The van der Waals surface area contributed by atoms with E-state index in [1.807, 2.05) is 7.05 Å². The second-order valence-electron chi connectivity index (χ2n) is 6.37. The predicted molar refractivity (Wildman–Crippen MR) is 87.3 cm³/mol.